The Morgan fingerprint density at radius 3 is 2.11 bits per heavy atom. The fourth-order valence-corrected chi connectivity index (χ4v) is 8.38. The van der Waals surface area contributed by atoms with E-state index in [1.807, 2.05) is 25.1 Å². The molecule has 2 aromatic carbocycles. The maximum Gasteiger partial charge on any atom is 0.329 e. The number of Topliss-reactive ketones (excluding diaryl/α,β-unsaturated/α-hetero) is 3. The number of likely N-dealkylation sites (tertiary alicyclic amines) is 1. The van der Waals surface area contributed by atoms with Crippen molar-refractivity contribution in [2.45, 2.75) is 122 Å². The fourth-order valence-electron chi connectivity index (χ4n) is 8.10. The monoisotopic (exact) mass is 1130 g/mol. The minimum Gasteiger partial charge on any atom is -0.493 e. The number of carbonyl (C=O) groups is 10. The topological polar surface area (TPSA) is 332 Å². The van der Waals surface area contributed by atoms with E-state index in [9.17, 15) is 53.1 Å². The molecule has 0 aliphatic carbocycles. The zero-order valence-corrected chi connectivity index (χ0v) is 46.8. The Morgan fingerprint density at radius 2 is 1.47 bits per heavy atom. The van der Waals surface area contributed by atoms with Crippen LogP contribution in [-0.2, 0) is 79.7 Å². The second-order valence-corrected chi connectivity index (χ2v) is 20.0. The van der Waals surface area contributed by atoms with Gasteiger partial charge < -0.3 is 65.2 Å². The molecule has 1 fully saturated rings. The Hall–Kier alpha value is -6.47. The first-order valence-electron chi connectivity index (χ1n) is 26.4. The van der Waals surface area contributed by atoms with Crippen molar-refractivity contribution in [2.24, 2.45) is 17.1 Å². The number of methoxy groups -OCH3 is 2. The molecule has 438 valence electrons. The van der Waals surface area contributed by atoms with Crippen LogP contribution in [0.1, 0.15) is 108 Å². The van der Waals surface area contributed by atoms with Crippen LogP contribution in [0.3, 0.4) is 0 Å². The summed E-state index contributed by atoms with van der Waals surface area (Å²) < 4.78 is 33.5. The SMILES string of the molecule is CCC(C)(C)C(=O)C(=O)N1CCCCC1C(=O)OC(CCc1ccc(OC)c(OC)c1)c1cccc(CC(=O)CCC(=O)NCCOCCOCCOCCC(=O)NC[C@@H](N)C(=O)N[C@H](CC(=O)O)C(=O)C[C@H](CS)C(=O)O)c1. The van der Waals surface area contributed by atoms with Crippen LogP contribution < -0.4 is 31.2 Å². The van der Waals surface area contributed by atoms with Gasteiger partial charge in [0.2, 0.25) is 23.5 Å². The number of carbonyl (C=O) groups excluding carboxylic acids is 8. The Labute approximate surface area is 466 Å². The van der Waals surface area contributed by atoms with Crippen LogP contribution in [0.15, 0.2) is 42.5 Å². The number of amides is 4. The van der Waals surface area contributed by atoms with Crippen LogP contribution in [0.25, 0.3) is 0 Å². The molecule has 7 N–H and O–H groups in total. The van der Waals surface area contributed by atoms with E-state index in [0.29, 0.717) is 61.2 Å². The van der Waals surface area contributed by atoms with Crippen molar-refractivity contribution in [1.29, 1.82) is 0 Å². The lowest BCUT2D eigenvalue weighted by atomic mass is 9.84. The number of piperidine rings is 1. The summed E-state index contributed by atoms with van der Waals surface area (Å²) in [5.74, 6) is -7.50. The molecule has 2 aromatic rings. The normalized spacial score (nSPS) is 14.9. The average Bonchev–Trinajstić information content (AvgIpc) is 3.45. The summed E-state index contributed by atoms with van der Waals surface area (Å²) in [6.45, 7) is 6.43. The van der Waals surface area contributed by atoms with Gasteiger partial charge in [-0.05, 0) is 67.3 Å². The van der Waals surface area contributed by atoms with Gasteiger partial charge in [-0.1, -0.05) is 51.1 Å². The smallest absolute Gasteiger partial charge is 0.329 e. The minimum atomic E-state index is -1.52. The molecule has 24 heteroatoms. The van der Waals surface area contributed by atoms with Crippen LogP contribution in [-0.4, -0.2) is 171 Å². The Bertz CT molecular complexity index is 2380. The number of esters is 1. The van der Waals surface area contributed by atoms with E-state index in [2.05, 4.69) is 28.6 Å². The third-order valence-corrected chi connectivity index (χ3v) is 13.7. The van der Waals surface area contributed by atoms with E-state index in [1.54, 1.807) is 52.3 Å². The zero-order chi connectivity index (χ0) is 58.5. The number of nitrogens with zero attached hydrogens (tertiary/aromatic N) is 1. The summed E-state index contributed by atoms with van der Waals surface area (Å²) in [6.07, 6.45) is 0.768. The predicted octanol–water partition coefficient (Wildman–Crippen LogP) is 2.75. The van der Waals surface area contributed by atoms with Crippen molar-refractivity contribution in [3.05, 3.63) is 59.2 Å². The molecule has 23 nitrogen and oxygen atoms in total. The molecule has 0 bridgehead atoms. The molecule has 1 aliphatic rings. The molecule has 0 aromatic heterocycles. The molecular weight excluding hydrogens is 1050 g/mol. The molecule has 3 rings (SSSR count). The molecule has 0 spiro atoms. The van der Waals surface area contributed by atoms with Crippen molar-refractivity contribution < 1.29 is 86.6 Å². The number of rotatable bonds is 39. The van der Waals surface area contributed by atoms with Crippen LogP contribution in [0.5, 0.6) is 11.5 Å². The zero-order valence-electron chi connectivity index (χ0n) is 45.9. The van der Waals surface area contributed by atoms with Gasteiger partial charge in [0.15, 0.2) is 17.3 Å². The third kappa shape index (κ3) is 23.8. The molecule has 4 amide bonds. The fraction of sp³-hybridized carbons (Fsp3) is 0.600. The molecule has 0 saturated carbocycles. The van der Waals surface area contributed by atoms with E-state index in [1.165, 1.54) is 4.90 Å². The first-order valence-corrected chi connectivity index (χ1v) is 27.1. The molecule has 79 heavy (non-hydrogen) atoms. The minimum absolute atomic E-state index is 0.0129. The van der Waals surface area contributed by atoms with Gasteiger partial charge >= 0.3 is 17.9 Å². The lowest BCUT2D eigenvalue weighted by Crippen LogP contribution is -2.53. The van der Waals surface area contributed by atoms with Gasteiger partial charge in [-0.25, -0.2) is 4.79 Å². The maximum absolute atomic E-state index is 14.0. The van der Waals surface area contributed by atoms with Crippen molar-refractivity contribution in [3.63, 3.8) is 0 Å². The van der Waals surface area contributed by atoms with Crippen LogP contribution in [0, 0.1) is 11.3 Å². The van der Waals surface area contributed by atoms with Gasteiger partial charge in [0.1, 0.15) is 24.0 Å². The summed E-state index contributed by atoms with van der Waals surface area (Å²) in [5.41, 5.74) is 7.13. The summed E-state index contributed by atoms with van der Waals surface area (Å²) >= 11 is 3.89. The number of hydrogen-bond donors (Lipinski definition) is 7. The number of ether oxygens (including phenoxy) is 6. The molecule has 2 unspecified atom stereocenters. The summed E-state index contributed by atoms with van der Waals surface area (Å²) in [5, 5.41) is 25.7. The molecule has 1 aliphatic heterocycles. The van der Waals surface area contributed by atoms with Gasteiger partial charge in [-0.15, -0.1) is 0 Å². The highest BCUT2D eigenvalue weighted by Crippen LogP contribution is 2.32. The number of thiol groups is 1. The maximum atomic E-state index is 14.0. The molecule has 0 radical (unpaired) electrons. The quantitative estimate of drug-likeness (QED) is 0.0219. The van der Waals surface area contributed by atoms with Gasteiger partial charge in [0.05, 0.1) is 72.2 Å². The number of nitrogens with one attached hydrogen (secondary N) is 3. The Balaban J connectivity index is 1.37. The second-order valence-electron chi connectivity index (χ2n) is 19.6. The number of ketones is 3. The van der Waals surface area contributed by atoms with Crippen molar-refractivity contribution >= 4 is 71.5 Å². The molecule has 5 atom stereocenters. The Morgan fingerprint density at radius 1 is 0.797 bits per heavy atom. The lowest BCUT2D eigenvalue weighted by Gasteiger charge is -2.36. The van der Waals surface area contributed by atoms with Crippen molar-refractivity contribution in [2.75, 3.05) is 79.2 Å². The number of nitrogens with two attached hydrogens (primary N) is 1. The van der Waals surface area contributed by atoms with Gasteiger partial charge in [-0.2, -0.15) is 12.6 Å². The highest BCUT2D eigenvalue weighted by atomic mass is 32.1. The first kappa shape index (κ1) is 66.8. The van der Waals surface area contributed by atoms with Gasteiger partial charge in [-0.3, -0.25) is 43.2 Å². The Kier molecular flexibility index (Phi) is 29.8. The second kappa shape index (κ2) is 35.2. The van der Waals surface area contributed by atoms with Crippen LogP contribution in [0.2, 0.25) is 0 Å². The van der Waals surface area contributed by atoms with Crippen molar-refractivity contribution in [1.82, 2.24) is 20.9 Å². The molecule has 1 heterocycles. The highest BCUT2D eigenvalue weighted by molar-refractivity contribution is 7.80. The van der Waals surface area contributed by atoms with E-state index in [-0.39, 0.29) is 102 Å². The summed E-state index contributed by atoms with van der Waals surface area (Å²) in [4.78, 5) is 128. The van der Waals surface area contributed by atoms with E-state index in [4.69, 9.17) is 39.3 Å². The third-order valence-electron chi connectivity index (χ3n) is 13.2. The van der Waals surface area contributed by atoms with E-state index >= 15 is 0 Å². The average molecular weight is 1130 g/mol. The first-order chi connectivity index (χ1) is 37.6. The standard InChI is InChI=1S/C55H79N5O18S/c1-6-55(2,3)50(67)52(69)60-21-8-7-12-42(60)54(72)78-44(16-13-35-14-17-45(73-4)46(30-35)74-5)37-11-9-10-36(28-37)29-39(61)15-18-47(63)57-20-23-76-25-27-77-26-24-75-22-19-48(64)58-33-40(56)51(68)59-41(32-49(65)66)43(62)31-38(34-79)53(70)71/h9-11,14,17,28,30,38,40-42,44,79H,6-8,12-13,15-16,18-27,29,31-34,56H2,1-5H3,(H,57,63)(H,58,64)(H,59,68)(H,65,66)(H,70,71)/t38-,40-,41-,42?,44?/m1/s1. The number of aliphatic carboxylic acids is 2. The number of hydrogen-bond acceptors (Lipinski definition) is 18. The van der Waals surface area contributed by atoms with Crippen LogP contribution in [0.4, 0.5) is 0 Å². The number of carboxylic acid groups (broad SMARTS) is 2. The summed E-state index contributed by atoms with van der Waals surface area (Å²) in [7, 11) is 3.09. The lowest BCUT2D eigenvalue weighted by molar-refractivity contribution is -0.164. The highest BCUT2D eigenvalue weighted by Gasteiger charge is 2.41. The van der Waals surface area contributed by atoms with Crippen LogP contribution >= 0.6 is 12.6 Å². The largest absolute Gasteiger partial charge is 0.493 e. The van der Waals surface area contributed by atoms with E-state index in [0.717, 1.165) is 5.56 Å². The van der Waals surface area contributed by atoms with Crippen molar-refractivity contribution in [3.8, 4) is 11.5 Å². The predicted molar refractivity (Wildman–Crippen MR) is 289 cm³/mol. The van der Waals surface area contributed by atoms with Gasteiger partial charge in [0, 0.05) is 62.9 Å². The number of aryl methyl sites for hydroxylation is 1. The number of benzene rings is 2. The summed E-state index contributed by atoms with van der Waals surface area (Å²) in [6, 6.07) is 8.92. The van der Waals surface area contributed by atoms with Gasteiger partial charge in [0.25, 0.3) is 5.91 Å². The molecular formula is C55H79N5O18S. The number of carboxylic acids is 2. The van der Waals surface area contributed by atoms with E-state index < -0.39 is 95.6 Å². The molecule has 1 saturated heterocycles.